The van der Waals surface area contributed by atoms with Crippen LogP contribution in [0.15, 0.2) is 132 Å². The summed E-state index contributed by atoms with van der Waals surface area (Å²) < 4.78 is 0.990. The van der Waals surface area contributed by atoms with E-state index >= 15 is 0 Å². The van der Waals surface area contributed by atoms with Crippen molar-refractivity contribution in [3.05, 3.63) is 143 Å². The zero-order valence-electron chi connectivity index (χ0n) is 24.4. The summed E-state index contributed by atoms with van der Waals surface area (Å²) in [7, 11) is 0. The maximum atomic E-state index is 5.22. The van der Waals surface area contributed by atoms with Gasteiger partial charge >= 0.3 is 0 Å². The van der Waals surface area contributed by atoms with Gasteiger partial charge in [0, 0.05) is 38.4 Å². The smallest absolute Gasteiger partial charge is 0.198 e. The Morgan fingerprint density at radius 1 is 0.457 bits per heavy atom. The third-order valence-corrected chi connectivity index (χ3v) is 8.89. The van der Waals surface area contributed by atoms with E-state index in [-0.39, 0.29) is 0 Å². The van der Waals surface area contributed by atoms with Crippen LogP contribution in [0.3, 0.4) is 0 Å². The fourth-order valence-corrected chi connectivity index (χ4v) is 6.65. The predicted octanol–water partition coefficient (Wildman–Crippen LogP) is 9.36. The van der Waals surface area contributed by atoms with Crippen LogP contribution < -0.4 is 0 Å². The summed E-state index contributed by atoms with van der Waals surface area (Å²) in [5, 5.41) is 1.96. The summed E-state index contributed by atoms with van der Waals surface area (Å²) >= 11 is 3.68. The molecule has 0 fully saturated rings. The molecule has 7 heteroatoms. The summed E-state index contributed by atoms with van der Waals surface area (Å²) in [5.41, 5.74) is 10.2. The molecule has 3 aromatic heterocycles. The van der Waals surface area contributed by atoms with Crippen molar-refractivity contribution in [2.45, 2.75) is 6.42 Å². The van der Waals surface area contributed by atoms with Crippen LogP contribution in [-0.4, -0.2) is 29.9 Å². The fraction of sp³-hybridized carbons (Fsp3) is 0.0256. The highest BCUT2D eigenvalue weighted by atomic mass is 79.9. The molecule has 0 N–H and O–H groups in total. The average molecular weight is 656 g/mol. The van der Waals surface area contributed by atoms with Gasteiger partial charge < -0.3 is 0 Å². The first-order valence-corrected chi connectivity index (χ1v) is 15.8. The maximum absolute atomic E-state index is 5.22. The SMILES string of the molecule is Brc1ccc2c(c1)-c1c(nc(-c3nc(-c4ccccc4)c4ccccc4n3)nc1-c1nc(-c3ccccc3)c3ccccc3n1)C2. The predicted molar refractivity (Wildman–Crippen MR) is 186 cm³/mol. The number of halogens is 1. The second kappa shape index (κ2) is 10.8. The van der Waals surface area contributed by atoms with Crippen molar-refractivity contribution in [3.63, 3.8) is 0 Å². The van der Waals surface area contributed by atoms with Gasteiger partial charge in [0.05, 0.1) is 28.1 Å². The molecular formula is C39H23BrN6. The number of nitrogens with zero attached hydrogens (tertiary/aromatic N) is 6. The van der Waals surface area contributed by atoms with E-state index in [2.05, 4.69) is 70.5 Å². The van der Waals surface area contributed by atoms with Crippen molar-refractivity contribution < 1.29 is 0 Å². The lowest BCUT2D eigenvalue weighted by Gasteiger charge is -2.14. The number of hydrogen-bond donors (Lipinski definition) is 0. The molecule has 0 amide bonds. The lowest BCUT2D eigenvalue weighted by molar-refractivity contribution is 1.03. The standard InChI is InChI=1S/C39H23BrN6/c40-26-20-19-25-21-32-33(29(25)22-26)36(37-41-30-17-9-7-15-27(30)34(44-37)23-11-3-1-4-12-23)46-39(43-32)38-42-31-18-10-8-16-28(31)35(45-38)24-13-5-2-6-14-24/h1-20,22H,21H2. The Morgan fingerprint density at radius 2 is 0.978 bits per heavy atom. The Labute approximate surface area is 273 Å². The highest BCUT2D eigenvalue weighted by molar-refractivity contribution is 9.10. The number of hydrogen-bond acceptors (Lipinski definition) is 6. The van der Waals surface area contributed by atoms with Crippen LogP contribution in [0, 0.1) is 0 Å². The molecule has 0 atom stereocenters. The van der Waals surface area contributed by atoms with E-state index in [9.17, 15) is 0 Å². The van der Waals surface area contributed by atoms with Gasteiger partial charge in [-0.25, -0.2) is 29.9 Å². The minimum Gasteiger partial charge on any atom is -0.229 e. The molecule has 46 heavy (non-hydrogen) atoms. The first-order valence-electron chi connectivity index (χ1n) is 15.0. The van der Waals surface area contributed by atoms with Gasteiger partial charge in [0.2, 0.25) is 0 Å². The average Bonchev–Trinajstić information content (AvgIpc) is 3.48. The molecule has 0 saturated heterocycles. The van der Waals surface area contributed by atoms with E-state index in [4.69, 9.17) is 29.9 Å². The van der Waals surface area contributed by atoms with Gasteiger partial charge in [0.1, 0.15) is 5.69 Å². The molecule has 0 unspecified atom stereocenters. The molecule has 0 spiro atoms. The molecule has 6 nitrogen and oxygen atoms in total. The highest BCUT2D eigenvalue weighted by Crippen LogP contribution is 2.43. The number of para-hydroxylation sites is 2. The zero-order chi connectivity index (χ0) is 30.6. The monoisotopic (exact) mass is 654 g/mol. The molecule has 5 aromatic carbocycles. The van der Waals surface area contributed by atoms with Crippen LogP contribution in [0.25, 0.3) is 78.6 Å². The van der Waals surface area contributed by atoms with Crippen molar-refractivity contribution in [1.82, 2.24) is 29.9 Å². The number of aromatic nitrogens is 6. The van der Waals surface area contributed by atoms with Crippen LogP contribution >= 0.6 is 15.9 Å². The zero-order valence-corrected chi connectivity index (χ0v) is 26.0. The van der Waals surface area contributed by atoms with Gasteiger partial charge in [0.25, 0.3) is 0 Å². The third-order valence-electron chi connectivity index (χ3n) is 8.40. The molecule has 8 aromatic rings. The first kappa shape index (κ1) is 26.7. The van der Waals surface area contributed by atoms with Crippen LogP contribution in [-0.2, 0) is 6.42 Å². The molecule has 3 heterocycles. The quantitative estimate of drug-likeness (QED) is 0.188. The molecule has 0 bridgehead atoms. The fourth-order valence-electron chi connectivity index (χ4n) is 6.29. The lowest BCUT2D eigenvalue weighted by atomic mass is 10.0. The molecule has 0 aliphatic heterocycles. The lowest BCUT2D eigenvalue weighted by Crippen LogP contribution is -2.05. The third kappa shape index (κ3) is 4.47. The van der Waals surface area contributed by atoms with Gasteiger partial charge in [-0.1, -0.05) is 119 Å². The minimum absolute atomic E-state index is 0.446. The van der Waals surface area contributed by atoms with E-state index in [1.54, 1.807) is 0 Å². The second-order valence-electron chi connectivity index (χ2n) is 11.3. The Kier molecular flexibility index (Phi) is 6.24. The van der Waals surface area contributed by atoms with Gasteiger partial charge in [-0.05, 0) is 35.4 Å². The van der Waals surface area contributed by atoms with E-state index in [0.29, 0.717) is 29.6 Å². The van der Waals surface area contributed by atoms with E-state index in [1.165, 1.54) is 5.56 Å². The van der Waals surface area contributed by atoms with Crippen molar-refractivity contribution in [1.29, 1.82) is 0 Å². The van der Waals surface area contributed by atoms with E-state index in [0.717, 1.165) is 65.6 Å². The summed E-state index contributed by atoms with van der Waals surface area (Å²) in [6.07, 6.45) is 0.665. The maximum Gasteiger partial charge on any atom is 0.198 e. The largest absolute Gasteiger partial charge is 0.229 e. The van der Waals surface area contributed by atoms with Gasteiger partial charge in [0.15, 0.2) is 17.5 Å². The van der Waals surface area contributed by atoms with Gasteiger partial charge in [-0.15, -0.1) is 0 Å². The molecule has 216 valence electrons. The molecule has 1 aliphatic carbocycles. The molecule has 0 saturated carbocycles. The molecule has 1 aliphatic rings. The van der Waals surface area contributed by atoms with Crippen LogP contribution in [0.2, 0.25) is 0 Å². The summed E-state index contributed by atoms with van der Waals surface area (Å²) in [6.45, 7) is 0. The molecule has 0 radical (unpaired) electrons. The van der Waals surface area contributed by atoms with Gasteiger partial charge in [-0.2, -0.15) is 0 Å². The van der Waals surface area contributed by atoms with Crippen LogP contribution in [0.4, 0.5) is 0 Å². The van der Waals surface area contributed by atoms with Crippen molar-refractivity contribution in [3.8, 4) is 56.8 Å². The second-order valence-corrected chi connectivity index (χ2v) is 12.2. The Balaban J connectivity index is 1.33. The summed E-state index contributed by atoms with van der Waals surface area (Å²) in [6, 6.07) is 42.9. The number of rotatable bonds is 4. The van der Waals surface area contributed by atoms with Crippen LogP contribution in [0.1, 0.15) is 11.3 Å². The molecular weight excluding hydrogens is 632 g/mol. The van der Waals surface area contributed by atoms with Crippen molar-refractivity contribution in [2.75, 3.05) is 0 Å². The minimum atomic E-state index is 0.446. The van der Waals surface area contributed by atoms with E-state index in [1.807, 2.05) is 72.8 Å². The Hall–Kier alpha value is -5.66. The topological polar surface area (TPSA) is 77.3 Å². The highest BCUT2D eigenvalue weighted by Gasteiger charge is 2.29. The van der Waals surface area contributed by atoms with Crippen molar-refractivity contribution in [2.24, 2.45) is 0 Å². The van der Waals surface area contributed by atoms with Crippen molar-refractivity contribution >= 4 is 37.7 Å². The number of fused-ring (bicyclic) bond motifs is 5. The molecule has 9 rings (SSSR count). The Morgan fingerprint density at radius 3 is 1.63 bits per heavy atom. The van der Waals surface area contributed by atoms with Crippen LogP contribution in [0.5, 0.6) is 0 Å². The first-order chi connectivity index (χ1) is 22.7. The van der Waals surface area contributed by atoms with E-state index < -0.39 is 0 Å². The normalized spacial score (nSPS) is 11.9. The Bertz CT molecular complexity index is 2460. The summed E-state index contributed by atoms with van der Waals surface area (Å²) in [5.74, 6) is 1.44. The summed E-state index contributed by atoms with van der Waals surface area (Å²) in [4.78, 5) is 30.7. The van der Waals surface area contributed by atoms with Gasteiger partial charge in [-0.3, -0.25) is 0 Å². The number of benzene rings is 5.